The van der Waals surface area contributed by atoms with E-state index in [0.717, 1.165) is 37.8 Å². The van der Waals surface area contributed by atoms with Crippen molar-refractivity contribution < 1.29 is 13.2 Å². The Labute approximate surface area is 122 Å². The molecule has 1 fully saturated rings. The molecule has 0 spiro atoms. The van der Waals surface area contributed by atoms with Crippen molar-refractivity contribution in [3.8, 4) is 0 Å². The first-order valence-electron chi connectivity index (χ1n) is 6.80. The van der Waals surface area contributed by atoms with Crippen molar-refractivity contribution in [2.24, 2.45) is 5.41 Å². The number of hydrogen-bond acceptors (Lipinski definition) is 1. The highest BCUT2D eigenvalue weighted by molar-refractivity contribution is 6.30. The van der Waals surface area contributed by atoms with E-state index in [2.05, 4.69) is 19.2 Å². The van der Waals surface area contributed by atoms with Crippen molar-refractivity contribution in [1.29, 1.82) is 0 Å². The topological polar surface area (TPSA) is 12.0 Å². The molecule has 1 aliphatic rings. The van der Waals surface area contributed by atoms with E-state index < -0.39 is 11.7 Å². The maximum Gasteiger partial charge on any atom is 0.416 e. The molecule has 2 rings (SSSR count). The van der Waals surface area contributed by atoms with Crippen molar-refractivity contribution in [3.63, 3.8) is 0 Å². The highest BCUT2D eigenvalue weighted by atomic mass is 35.5. The van der Waals surface area contributed by atoms with Gasteiger partial charge in [-0.25, -0.2) is 0 Å². The molecule has 1 aliphatic carbocycles. The van der Waals surface area contributed by atoms with Crippen LogP contribution in [0.5, 0.6) is 0 Å². The zero-order valence-electron chi connectivity index (χ0n) is 11.6. The first-order chi connectivity index (χ1) is 9.16. The van der Waals surface area contributed by atoms with Gasteiger partial charge in [0.25, 0.3) is 0 Å². The Morgan fingerprint density at radius 3 is 2.55 bits per heavy atom. The van der Waals surface area contributed by atoms with Crippen LogP contribution in [0.15, 0.2) is 18.2 Å². The molecule has 112 valence electrons. The van der Waals surface area contributed by atoms with Crippen molar-refractivity contribution in [2.75, 3.05) is 5.32 Å². The van der Waals surface area contributed by atoms with Crippen molar-refractivity contribution in [3.05, 3.63) is 28.8 Å². The molecule has 0 radical (unpaired) electrons. The number of benzene rings is 1. The van der Waals surface area contributed by atoms with Crippen molar-refractivity contribution in [1.82, 2.24) is 0 Å². The van der Waals surface area contributed by atoms with Gasteiger partial charge in [0.2, 0.25) is 0 Å². The molecular formula is C15H19ClF3N. The Balaban J connectivity index is 2.15. The lowest BCUT2D eigenvalue weighted by atomic mass is 9.75. The first-order valence-corrected chi connectivity index (χ1v) is 7.18. The predicted molar refractivity (Wildman–Crippen MR) is 76.1 cm³/mol. The fourth-order valence-electron chi connectivity index (χ4n) is 2.89. The third kappa shape index (κ3) is 4.05. The molecule has 20 heavy (non-hydrogen) atoms. The van der Waals surface area contributed by atoms with Crippen molar-refractivity contribution in [2.45, 2.75) is 51.7 Å². The monoisotopic (exact) mass is 305 g/mol. The number of rotatable bonds is 2. The Morgan fingerprint density at radius 2 is 1.95 bits per heavy atom. The fraction of sp³-hybridized carbons (Fsp3) is 0.600. The summed E-state index contributed by atoms with van der Waals surface area (Å²) in [7, 11) is 0. The number of anilines is 1. The van der Waals surface area contributed by atoms with Crippen LogP contribution >= 0.6 is 11.6 Å². The molecule has 5 heteroatoms. The van der Waals surface area contributed by atoms with Gasteiger partial charge in [-0.05, 0) is 42.9 Å². The maximum atomic E-state index is 12.8. The van der Waals surface area contributed by atoms with Gasteiger partial charge in [0, 0.05) is 16.8 Å². The van der Waals surface area contributed by atoms with Gasteiger partial charge in [0.05, 0.1) is 5.56 Å². The number of alkyl halides is 3. The first kappa shape index (κ1) is 15.5. The Hall–Kier alpha value is -0.900. The smallest absolute Gasteiger partial charge is 0.382 e. The van der Waals surface area contributed by atoms with Crippen LogP contribution in [-0.4, -0.2) is 6.04 Å². The zero-order valence-corrected chi connectivity index (χ0v) is 12.4. The molecule has 1 N–H and O–H groups in total. The molecule has 1 saturated carbocycles. The van der Waals surface area contributed by atoms with E-state index in [9.17, 15) is 13.2 Å². The molecule has 0 saturated heterocycles. The average molecular weight is 306 g/mol. The van der Waals surface area contributed by atoms with Crippen LogP contribution < -0.4 is 5.32 Å². The zero-order chi connectivity index (χ0) is 15.0. The second kappa shape index (κ2) is 5.47. The third-order valence-electron chi connectivity index (χ3n) is 3.80. The molecule has 0 aromatic heterocycles. The molecular weight excluding hydrogens is 287 g/mol. The van der Waals surface area contributed by atoms with Crippen LogP contribution in [0, 0.1) is 5.41 Å². The van der Waals surface area contributed by atoms with E-state index in [0.29, 0.717) is 5.69 Å². The number of nitrogens with one attached hydrogen (secondary N) is 1. The van der Waals surface area contributed by atoms with Crippen LogP contribution in [0.1, 0.15) is 45.1 Å². The SMILES string of the molecule is CC1(C)CCCC(Nc2cc(Cl)cc(C(F)(F)F)c2)C1. The standard InChI is InChI=1S/C15H19ClF3N/c1-14(2)5-3-4-12(9-14)20-13-7-10(15(17,18)19)6-11(16)8-13/h6-8,12,20H,3-5,9H2,1-2H3. The van der Waals surface area contributed by atoms with Gasteiger partial charge in [-0.3, -0.25) is 0 Å². The van der Waals surface area contributed by atoms with Crippen LogP contribution in [0.3, 0.4) is 0 Å². The predicted octanol–water partition coefficient (Wildman–Crippen LogP) is 5.74. The largest absolute Gasteiger partial charge is 0.416 e. The normalized spacial score (nSPS) is 22.6. The van der Waals surface area contributed by atoms with E-state index >= 15 is 0 Å². The van der Waals surface area contributed by atoms with Crippen molar-refractivity contribution >= 4 is 17.3 Å². The summed E-state index contributed by atoms with van der Waals surface area (Å²) >= 11 is 5.79. The van der Waals surface area contributed by atoms with E-state index in [4.69, 9.17) is 11.6 Å². The summed E-state index contributed by atoms with van der Waals surface area (Å²) in [5, 5.41) is 3.31. The summed E-state index contributed by atoms with van der Waals surface area (Å²) < 4.78 is 38.3. The van der Waals surface area contributed by atoms with Gasteiger partial charge in [-0.2, -0.15) is 13.2 Å². The quantitative estimate of drug-likeness (QED) is 0.734. The van der Waals surface area contributed by atoms with E-state index in [1.54, 1.807) is 6.07 Å². The lowest BCUT2D eigenvalue weighted by Crippen LogP contribution is -2.31. The molecule has 0 amide bonds. The summed E-state index contributed by atoms with van der Waals surface area (Å²) in [5.74, 6) is 0. The van der Waals surface area contributed by atoms with Crippen LogP contribution in [0.4, 0.5) is 18.9 Å². The van der Waals surface area contributed by atoms with E-state index in [-0.39, 0.29) is 16.5 Å². The summed E-state index contributed by atoms with van der Waals surface area (Å²) in [5.41, 5.74) is -0.0171. The van der Waals surface area contributed by atoms with E-state index in [1.807, 2.05) is 0 Å². The van der Waals surface area contributed by atoms with Gasteiger partial charge in [0.1, 0.15) is 0 Å². The molecule has 0 bridgehead atoms. The van der Waals surface area contributed by atoms with E-state index in [1.165, 1.54) is 0 Å². The molecule has 1 unspecified atom stereocenters. The lowest BCUT2D eigenvalue weighted by molar-refractivity contribution is -0.137. The molecule has 1 aromatic rings. The third-order valence-corrected chi connectivity index (χ3v) is 4.02. The summed E-state index contributed by atoms with van der Waals surface area (Å²) in [6, 6.07) is 3.85. The van der Waals surface area contributed by atoms with Gasteiger partial charge in [-0.1, -0.05) is 31.9 Å². The van der Waals surface area contributed by atoms with Gasteiger partial charge in [-0.15, -0.1) is 0 Å². The van der Waals surface area contributed by atoms with Gasteiger partial charge >= 0.3 is 6.18 Å². The lowest BCUT2D eigenvalue weighted by Gasteiger charge is -2.36. The minimum atomic E-state index is -4.37. The fourth-order valence-corrected chi connectivity index (χ4v) is 3.13. The second-order valence-corrected chi connectivity index (χ2v) is 6.76. The van der Waals surface area contributed by atoms with Crippen LogP contribution in [-0.2, 0) is 6.18 Å². The Morgan fingerprint density at radius 1 is 1.25 bits per heavy atom. The van der Waals surface area contributed by atoms with Gasteiger partial charge in [0.15, 0.2) is 0 Å². The minimum absolute atomic E-state index is 0.109. The summed E-state index contributed by atoms with van der Waals surface area (Å²) in [6.45, 7) is 4.39. The average Bonchev–Trinajstić information content (AvgIpc) is 2.25. The summed E-state index contributed by atoms with van der Waals surface area (Å²) in [4.78, 5) is 0. The maximum absolute atomic E-state index is 12.8. The minimum Gasteiger partial charge on any atom is -0.382 e. The molecule has 0 heterocycles. The Bertz CT molecular complexity index is 482. The van der Waals surface area contributed by atoms with Gasteiger partial charge < -0.3 is 5.32 Å². The number of halogens is 4. The second-order valence-electron chi connectivity index (χ2n) is 6.33. The molecule has 1 atom stereocenters. The Kier molecular flexibility index (Phi) is 4.24. The molecule has 0 aliphatic heterocycles. The molecule has 1 nitrogen and oxygen atoms in total. The van der Waals surface area contributed by atoms with Crippen LogP contribution in [0.2, 0.25) is 5.02 Å². The summed E-state index contributed by atoms with van der Waals surface area (Å²) in [6.07, 6.45) is -0.169. The highest BCUT2D eigenvalue weighted by Gasteiger charge is 2.32. The van der Waals surface area contributed by atoms with Crippen LogP contribution in [0.25, 0.3) is 0 Å². The highest BCUT2D eigenvalue weighted by Crippen LogP contribution is 2.38. The number of hydrogen-bond donors (Lipinski definition) is 1. The molecule has 1 aromatic carbocycles.